The summed E-state index contributed by atoms with van der Waals surface area (Å²) in [5.41, 5.74) is 0.928. The Bertz CT molecular complexity index is 688. The lowest BCUT2D eigenvalue weighted by atomic mass is 10.1. The van der Waals surface area contributed by atoms with Crippen LogP contribution in [-0.4, -0.2) is 44.6 Å². The van der Waals surface area contributed by atoms with Crippen LogP contribution in [0, 0.1) is 19.3 Å². The molecule has 0 N–H and O–H groups in total. The van der Waals surface area contributed by atoms with Crippen LogP contribution in [0.25, 0.3) is 0 Å². The molecule has 0 heterocycles. The maximum Gasteiger partial charge on any atom is 0.124 e. The van der Waals surface area contributed by atoms with Gasteiger partial charge in [0.15, 0.2) is 0 Å². The highest BCUT2D eigenvalue weighted by molar-refractivity contribution is 7.85. The molecule has 172 valence electrons. The molecule has 0 spiro atoms. The van der Waals surface area contributed by atoms with Gasteiger partial charge in [0, 0.05) is 0 Å². The first-order valence-electron chi connectivity index (χ1n) is 11.4. The third-order valence-electron chi connectivity index (χ3n) is 5.29. The normalized spacial score (nSPS) is 11.5. The summed E-state index contributed by atoms with van der Waals surface area (Å²) in [6, 6.07) is 5.78. The monoisotopic (exact) mass is 437 g/mol. The van der Waals surface area contributed by atoms with E-state index >= 15 is 0 Å². The van der Waals surface area contributed by atoms with E-state index in [0.29, 0.717) is 0 Å². The van der Waals surface area contributed by atoms with Gasteiger partial charge in [-0.25, -0.2) is 8.42 Å². The molecule has 0 aliphatic carbocycles. The van der Waals surface area contributed by atoms with Crippen LogP contribution >= 0.6 is 0 Å². The summed E-state index contributed by atoms with van der Waals surface area (Å²) in [4.78, 5) is -0.178. The summed E-state index contributed by atoms with van der Waals surface area (Å²) in [6.45, 7) is 6.50. The average Bonchev–Trinajstić information content (AvgIpc) is 2.68. The molecule has 0 radical (unpaired) electrons. The van der Waals surface area contributed by atoms with Crippen molar-refractivity contribution in [3.63, 3.8) is 0 Å². The van der Waals surface area contributed by atoms with Crippen LogP contribution in [0.3, 0.4) is 0 Å². The van der Waals surface area contributed by atoms with Crippen LogP contribution in [-0.2, 0) is 10.1 Å². The van der Waals surface area contributed by atoms with E-state index in [9.17, 15) is 13.0 Å². The fraction of sp³-hybridized carbons (Fsp3) is 0.680. The minimum atomic E-state index is -4.27. The molecule has 1 aromatic rings. The van der Waals surface area contributed by atoms with Gasteiger partial charge in [-0.3, -0.25) is 0 Å². The lowest BCUT2D eigenvalue weighted by Gasteiger charge is -2.29. The van der Waals surface area contributed by atoms with Crippen molar-refractivity contribution in [2.75, 3.05) is 27.2 Å². The number of unbranched alkanes of at least 4 members (excludes halogenated alkanes) is 9. The van der Waals surface area contributed by atoms with Gasteiger partial charge < -0.3 is 9.04 Å². The van der Waals surface area contributed by atoms with Crippen LogP contribution in [0.2, 0.25) is 0 Å². The topological polar surface area (TPSA) is 57.2 Å². The summed E-state index contributed by atoms with van der Waals surface area (Å²) >= 11 is 0. The highest BCUT2D eigenvalue weighted by Crippen LogP contribution is 2.12. The standard InChI is InChI=1S/C18H36N.C7H8O3S/c1-5-7-9-10-11-12-13-14-15-16-18-19(3,4)17-8-6-2;1-6-2-4-7(5-3-6)11(8,9)10/h2H,5,7-18H2,1,3-4H3;2-5H,1H3,(H,8,9,10)/q+1;/p-1. The smallest absolute Gasteiger partial charge is 0.124 e. The molecule has 0 fully saturated rings. The van der Waals surface area contributed by atoms with Crippen LogP contribution in [0.5, 0.6) is 0 Å². The van der Waals surface area contributed by atoms with Crippen molar-refractivity contribution in [1.29, 1.82) is 0 Å². The summed E-state index contributed by atoms with van der Waals surface area (Å²) in [5, 5.41) is 0. The Balaban J connectivity index is 0.000000642. The molecule has 0 aliphatic heterocycles. The summed E-state index contributed by atoms with van der Waals surface area (Å²) in [5.74, 6) is 2.75. The van der Waals surface area contributed by atoms with Crippen LogP contribution < -0.4 is 0 Å². The molecule has 1 rings (SSSR count). The second-order valence-corrected chi connectivity index (χ2v) is 10.2. The first-order chi connectivity index (χ1) is 14.1. The summed E-state index contributed by atoms with van der Waals surface area (Å²) in [7, 11) is 0.324. The number of aryl methyl sites for hydroxylation is 1. The zero-order valence-electron chi connectivity index (χ0n) is 19.7. The van der Waals surface area contributed by atoms with E-state index in [1.165, 1.54) is 82.9 Å². The fourth-order valence-electron chi connectivity index (χ4n) is 3.21. The molecule has 0 saturated carbocycles. The molecule has 0 amide bonds. The van der Waals surface area contributed by atoms with Crippen molar-refractivity contribution in [3.05, 3.63) is 29.8 Å². The van der Waals surface area contributed by atoms with E-state index < -0.39 is 10.1 Å². The molecule has 4 nitrogen and oxygen atoms in total. The van der Waals surface area contributed by atoms with Crippen molar-refractivity contribution in [1.82, 2.24) is 0 Å². The van der Waals surface area contributed by atoms with E-state index in [-0.39, 0.29) is 4.90 Å². The lowest BCUT2D eigenvalue weighted by molar-refractivity contribution is -0.890. The van der Waals surface area contributed by atoms with Gasteiger partial charge in [-0.2, -0.15) is 0 Å². The van der Waals surface area contributed by atoms with Gasteiger partial charge in [0.2, 0.25) is 0 Å². The van der Waals surface area contributed by atoms with Gasteiger partial charge in [-0.05, 0) is 31.9 Å². The molecule has 0 saturated heterocycles. The predicted molar refractivity (Wildman–Crippen MR) is 126 cm³/mol. The van der Waals surface area contributed by atoms with Crippen LogP contribution in [0.1, 0.15) is 83.1 Å². The van der Waals surface area contributed by atoms with E-state index in [2.05, 4.69) is 26.9 Å². The number of nitrogens with zero attached hydrogens (tertiary/aromatic N) is 1. The third-order valence-corrected chi connectivity index (χ3v) is 6.14. The van der Waals surface area contributed by atoms with E-state index in [0.717, 1.165) is 23.0 Å². The molecule has 5 heteroatoms. The zero-order valence-corrected chi connectivity index (χ0v) is 20.5. The molecule has 30 heavy (non-hydrogen) atoms. The molecule has 0 aromatic heterocycles. The summed E-state index contributed by atoms with van der Waals surface area (Å²) in [6.07, 6.45) is 20.4. The Morgan fingerprint density at radius 1 is 0.867 bits per heavy atom. The second-order valence-electron chi connectivity index (χ2n) is 8.79. The molecule has 0 atom stereocenters. The minimum Gasteiger partial charge on any atom is -0.744 e. The Kier molecular flexibility index (Phi) is 15.6. The van der Waals surface area contributed by atoms with Crippen LogP contribution in [0.15, 0.2) is 29.2 Å². The third kappa shape index (κ3) is 16.4. The fourth-order valence-corrected chi connectivity index (χ4v) is 3.68. The van der Waals surface area contributed by atoms with E-state index in [4.69, 9.17) is 6.42 Å². The molecule has 0 aliphatic rings. The molecule has 1 aromatic carbocycles. The molecular weight excluding hydrogens is 394 g/mol. The van der Waals surface area contributed by atoms with Gasteiger partial charge in [-0.1, -0.05) is 76.0 Å². The zero-order chi connectivity index (χ0) is 22.9. The van der Waals surface area contributed by atoms with Gasteiger partial charge in [0.25, 0.3) is 0 Å². The maximum absolute atomic E-state index is 10.4. The minimum absolute atomic E-state index is 0.178. The number of rotatable bonds is 14. The Morgan fingerprint density at radius 3 is 1.77 bits per heavy atom. The molecular formula is C25H43NO3S. The SMILES string of the molecule is C#CCC[N+](C)(C)CCCCCCCCCCCC.Cc1ccc(S(=O)(=O)[O-])cc1. The predicted octanol–water partition coefficient (Wildman–Crippen LogP) is 5.91. The Labute approximate surface area is 186 Å². The number of hydrogen-bond donors (Lipinski definition) is 0. The van der Waals surface area contributed by atoms with Crippen LogP contribution in [0.4, 0.5) is 0 Å². The van der Waals surface area contributed by atoms with Gasteiger partial charge >= 0.3 is 0 Å². The highest BCUT2D eigenvalue weighted by atomic mass is 32.2. The number of benzene rings is 1. The maximum atomic E-state index is 10.4. The quantitative estimate of drug-likeness (QED) is 0.157. The van der Waals surface area contributed by atoms with Crippen molar-refractivity contribution < 1.29 is 17.5 Å². The van der Waals surface area contributed by atoms with E-state index in [1.807, 2.05) is 6.92 Å². The largest absolute Gasteiger partial charge is 0.744 e. The summed E-state index contributed by atoms with van der Waals surface area (Å²) < 4.78 is 32.3. The first-order valence-corrected chi connectivity index (χ1v) is 12.8. The molecule has 0 bridgehead atoms. The van der Waals surface area contributed by atoms with Crippen molar-refractivity contribution in [3.8, 4) is 12.3 Å². The average molecular weight is 438 g/mol. The highest BCUT2D eigenvalue weighted by Gasteiger charge is 2.12. The van der Waals surface area contributed by atoms with Crippen molar-refractivity contribution in [2.45, 2.75) is 89.4 Å². The van der Waals surface area contributed by atoms with E-state index in [1.54, 1.807) is 12.1 Å². The second kappa shape index (κ2) is 16.4. The number of quaternary nitrogens is 1. The van der Waals surface area contributed by atoms with Crippen molar-refractivity contribution in [2.24, 2.45) is 0 Å². The Hall–Kier alpha value is -1.35. The number of hydrogen-bond acceptors (Lipinski definition) is 3. The van der Waals surface area contributed by atoms with Gasteiger partial charge in [0.05, 0.1) is 38.5 Å². The van der Waals surface area contributed by atoms with Gasteiger partial charge in [-0.15, -0.1) is 12.3 Å². The number of terminal acetylenes is 1. The van der Waals surface area contributed by atoms with Gasteiger partial charge in [0.1, 0.15) is 10.1 Å². The van der Waals surface area contributed by atoms with Crippen molar-refractivity contribution >= 4 is 10.1 Å². The lowest BCUT2D eigenvalue weighted by Crippen LogP contribution is -2.41. The Morgan fingerprint density at radius 2 is 1.33 bits per heavy atom. The molecule has 0 unspecified atom stereocenters. The first kappa shape index (κ1) is 28.6.